The summed E-state index contributed by atoms with van der Waals surface area (Å²) < 4.78 is 0. The zero-order chi connectivity index (χ0) is 6.41. The molecule has 0 aromatic carbocycles. The maximum Gasteiger partial charge on any atom is 0.0709 e. The van der Waals surface area contributed by atoms with Crippen molar-refractivity contribution < 1.29 is 0 Å². The quantitative estimate of drug-likeness (QED) is 0.502. The van der Waals surface area contributed by atoms with Crippen molar-refractivity contribution in [3.05, 3.63) is 31.7 Å². The number of hydrogen-bond acceptors (Lipinski definition) is 1. The van der Waals surface area contributed by atoms with Crippen LogP contribution >= 0.6 is 0 Å². The molecular weight excluding hydrogens is 98.1 g/mol. The van der Waals surface area contributed by atoms with Crippen molar-refractivity contribution in [2.75, 3.05) is 0 Å². The molecule has 0 aliphatic rings. The average molecular weight is 106 g/mol. The average Bonchev–Trinajstić information content (AvgIpc) is 1.83. The summed E-state index contributed by atoms with van der Waals surface area (Å²) in [7, 11) is 0. The number of rotatable bonds is 3. The van der Waals surface area contributed by atoms with E-state index in [0.717, 1.165) is 0 Å². The summed E-state index contributed by atoms with van der Waals surface area (Å²) in [5, 5.41) is 8.26. The van der Waals surface area contributed by atoms with Crippen LogP contribution in [0.2, 0.25) is 0 Å². The molecule has 1 heteroatoms. The van der Waals surface area contributed by atoms with E-state index < -0.39 is 0 Å². The van der Waals surface area contributed by atoms with Crippen LogP contribution in [0.4, 0.5) is 0 Å². The van der Waals surface area contributed by atoms with Gasteiger partial charge in [-0.2, -0.15) is 5.26 Å². The van der Waals surface area contributed by atoms with Crippen molar-refractivity contribution in [3.63, 3.8) is 0 Å². The smallest absolute Gasteiger partial charge is 0.0709 e. The van der Waals surface area contributed by atoms with Crippen molar-refractivity contribution >= 4 is 0 Å². The van der Waals surface area contributed by atoms with Gasteiger partial charge in [-0.05, 0) is 0 Å². The molecule has 1 unspecified atom stereocenters. The van der Waals surface area contributed by atoms with Gasteiger partial charge in [0.05, 0.1) is 12.0 Å². The lowest BCUT2D eigenvalue weighted by molar-refractivity contribution is 1.02. The van der Waals surface area contributed by atoms with Crippen molar-refractivity contribution in [1.29, 1.82) is 5.26 Å². The van der Waals surface area contributed by atoms with E-state index in [0.29, 0.717) is 0 Å². The zero-order valence-electron chi connectivity index (χ0n) is 4.67. The molecule has 0 aromatic heterocycles. The molecule has 0 saturated heterocycles. The van der Waals surface area contributed by atoms with Crippen LogP contribution in [-0.4, -0.2) is 0 Å². The molecule has 1 atom stereocenters. The highest BCUT2D eigenvalue weighted by molar-refractivity contribution is 5.09. The lowest BCUT2D eigenvalue weighted by atomic mass is 10.1. The fourth-order valence-electron chi connectivity index (χ4n) is 0.321. The Morgan fingerprint density at radius 3 is 2.25 bits per heavy atom. The van der Waals surface area contributed by atoms with E-state index >= 15 is 0 Å². The van der Waals surface area contributed by atoms with E-state index in [1.54, 1.807) is 18.6 Å². The SMILES string of the molecule is C=C[CH]C(C#N)C=C. The van der Waals surface area contributed by atoms with E-state index in [1.807, 2.05) is 6.07 Å². The molecule has 0 amide bonds. The highest BCUT2D eigenvalue weighted by Gasteiger charge is 1.95. The zero-order valence-corrected chi connectivity index (χ0v) is 4.67. The Hall–Kier alpha value is -1.03. The summed E-state index contributed by atoms with van der Waals surface area (Å²) in [6.07, 6.45) is 4.85. The Morgan fingerprint density at radius 1 is 1.50 bits per heavy atom. The molecule has 0 heterocycles. The Labute approximate surface area is 49.9 Å². The van der Waals surface area contributed by atoms with Crippen molar-refractivity contribution in [2.45, 2.75) is 0 Å². The third-order valence-electron chi connectivity index (χ3n) is 0.746. The molecule has 0 aliphatic carbocycles. The second-order valence-corrected chi connectivity index (χ2v) is 1.32. The van der Waals surface area contributed by atoms with Gasteiger partial charge in [0.2, 0.25) is 0 Å². The van der Waals surface area contributed by atoms with Crippen molar-refractivity contribution in [2.24, 2.45) is 5.92 Å². The first kappa shape index (κ1) is 6.97. The van der Waals surface area contributed by atoms with Gasteiger partial charge in [0.1, 0.15) is 0 Å². The summed E-state index contributed by atoms with van der Waals surface area (Å²) in [6, 6.07) is 2.01. The maximum absolute atomic E-state index is 8.26. The summed E-state index contributed by atoms with van der Waals surface area (Å²) in [5.74, 6) is -0.174. The Kier molecular flexibility index (Phi) is 3.60. The van der Waals surface area contributed by atoms with Crippen LogP contribution in [0.1, 0.15) is 0 Å². The second kappa shape index (κ2) is 4.14. The van der Waals surface area contributed by atoms with Crippen LogP contribution in [0, 0.1) is 23.7 Å². The number of allylic oxidation sites excluding steroid dienone is 2. The molecule has 0 N–H and O–H groups in total. The lowest BCUT2D eigenvalue weighted by Gasteiger charge is -1.91. The normalized spacial score (nSPS) is 11.4. The fraction of sp³-hybridized carbons (Fsp3) is 0.143. The van der Waals surface area contributed by atoms with Gasteiger partial charge >= 0.3 is 0 Å². The molecule has 0 fully saturated rings. The third kappa shape index (κ3) is 2.20. The molecule has 0 rings (SSSR count). The lowest BCUT2D eigenvalue weighted by Crippen LogP contribution is -1.87. The molecule has 1 radical (unpaired) electrons. The Bertz CT molecular complexity index is 119. The molecule has 1 nitrogen and oxygen atoms in total. The molecule has 0 saturated carbocycles. The first-order chi connectivity index (χ1) is 3.85. The van der Waals surface area contributed by atoms with Gasteiger partial charge in [-0.1, -0.05) is 12.2 Å². The molecule has 0 aliphatic heterocycles. The van der Waals surface area contributed by atoms with E-state index in [-0.39, 0.29) is 5.92 Å². The summed E-state index contributed by atoms with van der Waals surface area (Å²) >= 11 is 0. The van der Waals surface area contributed by atoms with E-state index in [2.05, 4.69) is 13.2 Å². The van der Waals surface area contributed by atoms with Crippen molar-refractivity contribution in [1.82, 2.24) is 0 Å². The first-order valence-corrected chi connectivity index (χ1v) is 2.33. The van der Waals surface area contributed by atoms with Gasteiger partial charge < -0.3 is 0 Å². The van der Waals surface area contributed by atoms with Gasteiger partial charge in [-0.25, -0.2) is 0 Å². The van der Waals surface area contributed by atoms with Crippen LogP contribution in [0.25, 0.3) is 0 Å². The topological polar surface area (TPSA) is 23.8 Å². The van der Waals surface area contributed by atoms with E-state index in [1.165, 1.54) is 0 Å². The largest absolute Gasteiger partial charge is 0.198 e. The van der Waals surface area contributed by atoms with Crippen molar-refractivity contribution in [3.8, 4) is 6.07 Å². The van der Waals surface area contributed by atoms with Gasteiger partial charge in [-0.3, -0.25) is 0 Å². The standard InChI is InChI=1S/C7H8N/c1-3-5-7(4-2)6-8/h3-5,7H,1-2H2. The number of hydrogen-bond donors (Lipinski definition) is 0. The van der Waals surface area contributed by atoms with Crippen LogP contribution in [-0.2, 0) is 0 Å². The van der Waals surface area contributed by atoms with Gasteiger partial charge in [0, 0.05) is 6.42 Å². The van der Waals surface area contributed by atoms with Crippen LogP contribution in [0.3, 0.4) is 0 Å². The Balaban J connectivity index is 3.56. The third-order valence-corrected chi connectivity index (χ3v) is 0.746. The summed E-state index contributed by atoms with van der Waals surface area (Å²) in [5.41, 5.74) is 0. The maximum atomic E-state index is 8.26. The summed E-state index contributed by atoms with van der Waals surface area (Å²) in [6.45, 7) is 6.89. The Morgan fingerprint density at radius 2 is 2.12 bits per heavy atom. The second-order valence-electron chi connectivity index (χ2n) is 1.32. The molecule has 8 heavy (non-hydrogen) atoms. The molecule has 0 aromatic rings. The minimum absolute atomic E-state index is 0.174. The molecule has 41 valence electrons. The minimum atomic E-state index is -0.174. The predicted molar refractivity (Wildman–Crippen MR) is 33.8 cm³/mol. The van der Waals surface area contributed by atoms with Gasteiger partial charge in [0.25, 0.3) is 0 Å². The van der Waals surface area contributed by atoms with Crippen LogP contribution in [0.5, 0.6) is 0 Å². The van der Waals surface area contributed by atoms with Crippen LogP contribution < -0.4 is 0 Å². The van der Waals surface area contributed by atoms with Gasteiger partial charge in [-0.15, -0.1) is 13.2 Å². The highest BCUT2D eigenvalue weighted by Crippen LogP contribution is 1.99. The molecule has 0 bridgehead atoms. The predicted octanol–water partition coefficient (Wildman–Crippen LogP) is 1.70. The molecule has 0 spiro atoms. The molecular formula is C7H8N. The monoisotopic (exact) mass is 106 g/mol. The number of nitriles is 1. The summed E-state index contributed by atoms with van der Waals surface area (Å²) in [4.78, 5) is 0. The number of nitrogens with zero attached hydrogens (tertiary/aromatic N) is 1. The van der Waals surface area contributed by atoms with Crippen LogP contribution in [0.15, 0.2) is 25.3 Å². The first-order valence-electron chi connectivity index (χ1n) is 2.33. The van der Waals surface area contributed by atoms with E-state index in [4.69, 9.17) is 5.26 Å². The highest BCUT2D eigenvalue weighted by atomic mass is 14.3. The van der Waals surface area contributed by atoms with E-state index in [9.17, 15) is 0 Å². The minimum Gasteiger partial charge on any atom is -0.198 e. The fourth-order valence-corrected chi connectivity index (χ4v) is 0.321. The van der Waals surface area contributed by atoms with Gasteiger partial charge in [0.15, 0.2) is 0 Å².